The topological polar surface area (TPSA) is 112 Å². The summed E-state index contributed by atoms with van der Waals surface area (Å²) in [5.74, 6) is 1.88. The zero-order valence-corrected chi connectivity index (χ0v) is 20.3. The van der Waals surface area contributed by atoms with Gasteiger partial charge >= 0.3 is 0 Å². The highest BCUT2D eigenvalue weighted by Gasteiger charge is 2.35. The van der Waals surface area contributed by atoms with Gasteiger partial charge in [-0.2, -0.15) is 0 Å². The average molecular weight is 480 g/mol. The van der Waals surface area contributed by atoms with Crippen molar-refractivity contribution in [3.8, 4) is 11.4 Å². The highest BCUT2D eigenvalue weighted by atomic mass is 16.3. The third-order valence-electron chi connectivity index (χ3n) is 7.98. The quantitative estimate of drug-likeness (QED) is 0.300. The molecular weight excluding hydrogens is 450 g/mol. The van der Waals surface area contributed by atoms with Crippen molar-refractivity contribution in [2.24, 2.45) is 0 Å². The van der Waals surface area contributed by atoms with Crippen molar-refractivity contribution < 1.29 is 5.11 Å². The molecule has 8 nitrogen and oxygen atoms in total. The molecule has 182 valence electrons. The van der Waals surface area contributed by atoms with E-state index in [1.54, 1.807) is 6.20 Å². The number of aliphatic hydroxyl groups is 1. The number of hydrogen-bond donors (Lipinski definition) is 4. The summed E-state index contributed by atoms with van der Waals surface area (Å²) < 4.78 is 0. The van der Waals surface area contributed by atoms with Gasteiger partial charge in [0.25, 0.3) is 0 Å². The zero-order valence-electron chi connectivity index (χ0n) is 20.3. The molecule has 5 heterocycles. The fourth-order valence-corrected chi connectivity index (χ4v) is 5.73. The smallest absolute Gasteiger partial charge is 0.163 e. The summed E-state index contributed by atoms with van der Waals surface area (Å²) in [6.45, 7) is 3.27. The van der Waals surface area contributed by atoms with Crippen LogP contribution in [0.3, 0.4) is 0 Å². The molecule has 1 saturated heterocycles. The lowest BCUT2D eigenvalue weighted by atomic mass is 9.79. The van der Waals surface area contributed by atoms with E-state index in [1.165, 1.54) is 12.0 Å². The molecule has 8 heteroatoms. The van der Waals surface area contributed by atoms with E-state index in [4.69, 9.17) is 9.97 Å². The Kier molecular flexibility index (Phi) is 4.94. The zero-order chi connectivity index (χ0) is 24.3. The molecule has 1 aromatic carbocycles. The van der Waals surface area contributed by atoms with Gasteiger partial charge in [-0.15, -0.1) is 0 Å². The summed E-state index contributed by atoms with van der Waals surface area (Å²) in [5, 5.41) is 21.2. The average Bonchev–Trinajstić information content (AvgIpc) is 3.23. The number of aromatic amines is 1. The lowest BCUT2D eigenvalue weighted by Crippen LogP contribution is -2.56. The molecule has 0 radical (unpaired) electrons. The van der Waals surface area contributed by atoms with Crippen LogP contribution in [-0.4, -0.2) is 54.8 Å². The summed E-state index contributed by atoms with van der Waals surface area (Å²) in [6, 6.07) is 10.1. The maximum atomic E-state index is 11.1. The number of nitrogens with zero attached hydrogens (tertiary/aromatic N) is 4. The minimum Gasteiger partial charge on any atom is -0.387 e. The van der Waals surface area contributed by atoms with Gasteiger partial charge in [0, 0.05) is 46.2 Å². The van der Waals surface area contributed by atoms with Gasteiger partial charge < -0.3 is 20.7 Å². The van der Waals surface area contributed by atoms with E-state index in [2.05, 4.69) is 37.7 Å². The number of fused-ring (bicyclic) bond motifs is 4. The van der Waals surface area contributed by atoms with Crippen molar-refractivity contribution in [2.75, 3.05) is 18.4 Å². The van der Waals surface area contributed by atoms with Gasteiger partial charge in [0.2, 0.25) is 0 Å². The van der Waals surface area contributed by atoms with E-state index in [-0.39, 0.29) is 6.04 Å². The fraction of sp³-hybridized carbons (Fsp3) is 0.357. The van der Waals surface area contributed by atoms with Crippen molar-refractivity contribution in [1.29, 1.82) is 0 Å². The second-order valence-corrected chi connectivity index (χ2v) is 10.4. The first-order chi connectivity index (χ1) is 17.6. The van der Waals surface area contributed by atoms with E-state index < -0.39 is 5.60 Å². The predicted octanol–water partition coefficient (Wildman–Crippen LogP) is 4.51. The highest BCUT2D eigenvalue weighted by Crippen LogP contribution is 2.42. The normalized spacial score (nSPS) is 22.8. The molecule has 4 aromatic heterocycles. The van der Waals surface area contributed by atoms with Gasteiger partial charge in [0.1, 0.15) is 11.5 Å². The number of piperidine rings is 1. The van der Waals surface area contributed by atoms with Gasteiger partial charge in [-0.25, -0.2) is 15.0 Å². The van der Waals surface area contributed by atoms with E-state index in [0.717, 1.165) is 70.0 Å². The number of hydrogen-bond acceptors (Lipinski definition) is 7. The van der Waals surface area contributed by atoms with Crippen LogP contribution in [-0.2, 0) is 0 Å². The van der Waals surface area contributed by atoms with Crippen molar-refractivity contribution in [3.05, 3.63) is 54.5 Å². The molecule has 36 heavy (non-hydrogen) atoms. The lowest BCUT2D eigenvalue weighted by molar-refractivity contribution is 0.0229. The summed E-state index contributed by atoms with van der Waals surface area (Å²) in [7, 11) is 0. The number of nitrogens with one attached hydrogen (secondary N) is 3. The number of para-hydroxylation sites is 1. The van der Waals surface area contributed by atoms with E-state index >= 15 is 0 Å². The third kappa shape index (κ3) is 3.43. The van der Waals surface area contributed by atoms with Crippen LogP contribution in [0.25, 0.3) is 44.2 Å². The van der Waals surface area contributed by atoms with E-state index in [0.29, 0.717) is 18.3 Å². The number of pyridine rings is 2. The molecule has 0 spiro atoms. The molecule has 5 aromatic rings. The SMILES string of the molecule is C[C@@]1(O)CNCC[C@H]1Nc1nc(-c2ccnc3[nH]c4ccccc4c23)nc2cncc(C3CCC3)c12. The molecule has 7 rings (SSSR count). The molecule has 0 amide bonds. The Labute approximate surface area is 208 Å². The van der Waals surface area contributed by atoms with Crippen LogP contribution < -0.4 is 10.6 Å². The largest absolute Gasteiger partial charge is 0.387 e. The van der Waals surface area contributed by atoms with E-state index in [1.807, 2.05) is 37.5 Å². The predicted molar refractivity (Wildman–Crippen MR) is 142 cm³/mol. The van der Waals surface area contributed by atoms with Gasteiger partial charge in [0.05, 0.1) is 23.4 Å². The minimum atomic E-state index is -0.889. The molecule has 1 saturated carbocycles. The Hall–Kier alpha value is -3.62. The van der Waals surface area contributed by atoms with Crippen molar-refractivity contribution in [1.82, 2.24) is 30.2 Å². The first-order valence-electron chi connectivity index (χ1n) is 12.8. The maximum Gasteiger partial charge on any atom is 0.163 e. The molecule has 2 aliphatic rings. The highest BCUT2D eigenvalue weighted by molar-refractivity contribution is 6.12. The monoisotopic (exact) mass is 479 g/mol. The van der Waals surface area contributed by atoms with Crippen LogP contribution in [0.5, 0.6) is 0 Å². The van der Waals surface area contributed by atoms with Crippen LogP contribution in [0, 0.1) is 0 Å². The van der Waals surface area contributed by atoms with Gasteiger partial charge in [-0.1, -0.05) is 24.6 Å². The molecular formula is C28H29N7O. The van der Waals surface area contributed by atoms with Crippen LogP contribution in [0.15, 0.2) is 48.9 Å². The Balaban J connectivity index is 1.46. The second kappa shape index (κ2) is 8.21. The number of benzene rings is 1. The number of β-amino-alcohol motifs (C(OH)–C–C–N with tert-alkyl or cyclic N) is 1. The standard InChI is InChI=1S/C28H29N7O/c1-28(36)15-29-11-10-22(28)34-27-24-19(16-5-4-6-16)13-30-14-21(24)33-25(35-27)18-9-12-31-26-23(18)17-7-2-3-8-20(17)32-26/h2-3,7-9,12-14,16,22,29,36H,4-6,10-11,15H2,1H3,(H,31,32)(H,33,34,35)/t22-,28-/m1/s1. The summed E-state index contributed by atoms with van der Waals surface area (Å²) >= 11 is 0. The van der Waals surface area contributed by atoms with E-state index in [9.17, 15) is 5.11 Å². The molecule has 0 unspecified atom stereocenters. The Morgan fingerprint density at radius 1 is 1.06 bits per heavy atom. The van der Waals surface area contributed by atoms with Crippen LogP contribution in [0.1, 0.15) is 44.1 Å². The van der Waals surface area contributed by atoms with Gasteiger partial charge in [0.15, 0.2) is 5.82 Å². The molecule has 0 bridgehead atoms. The summed E-state index contributed by atoms with van der Waals surface area (Å²) in [5.41, 5.74) is 3.91. The molecule has 2 fully saturated rings. The molecule has 1 aliphatic carbocycles. The lowest BCUT2D eigenvalue weighted by Gasteiger charge is -2.38. The Morgan fingerprint density at radius 3 is 2.78 bits per heavy atom. The number of anilines is 1. The Bertz CT molecular complexity index is 1600. The maximum absolute atomic E-state index is 11.1. The fourth-order valence-electron chi connectivity index (χ4n) is 5.73. The van der Waals surface area contributed by atoms with Crippen molar-refractivity contribution in [2.45, 2.75) is 50.2 Å². The Morgan fingerprint density at radius 2 is 1.94 bits per heavy atom. The molecule has 2 atom stereocenters. The van der Waals surface area contributed by atoms with Gasteiger partial charge in [-0.3, -0.25) is 4.98 Å². The molecule has 4 N–H and O–H groups in total. The number of rotatable bonds is 4. The number of H-pyrrole nitrogens is 1. The summed E-state index contributed by atoms with van der Waals surface area (Å²) in [6.07, 6.45) is 9.98. The van der Waals surface area contributed by atoms with Crippen molar-refractivity contribution >= 4 is 38.7 Å². The number of aromatic nitrogens is 5. The van der Waals surface area contributed by atoms with Crippen LogP contribution in [0.2, 0.25) is 0 Å². The van der Waals surface area contributed by atoms with Crippen LogP contribution >= 0.6 is 0 Å². The molecule has 1 aliphatic heterocycles. The van der Waals surface area contributed by atoms with Crippen molar-refractivity contribution in [3.63, 3.8) is 0 Å². The van der Waals surface area contributed by atoms with Crippen LogP contribution in [0.4, 0.5) is 5.82 Å². The minimum absolute atomic E-state index is 0.127. The second-order valence-electron chi connectivity index (χ2n) is 10.4. The first-order valence-corrected chi connectivity index (χ1v) is 12.8. The first kappa shape index (κ1) is 21.6. The van der Waals surface area contributed by atoms with Gasteiger partial charge in [-0.05, 0) is 56.3 Å². The third-order valence-corrected chi connectivity index (χ3v) is 7.98. The summed E-state index contributed by atoms with van der Waals surface area (Å²) in [4.78, 5) is 22.8.